The molecule has 0 bridgehead atoms. The molecule has 0 aromatic heterocycles. The van der Waals surface area contributed by atoms with Gasteiger partial charge in [-0.2, -0.15) is 0 Å². The molecule has 0 radical (unpaired) electrons. The summed E-state index contributed by atoms with van der Waals surface area (Å²) in [4.78, 5) is 43.8. The van der Waals surface area contributed by atoms with Crippen LogP contribution in [0, 0.1) is 5.41 Å². The van der Waals surface area contributed by atoms with Crippen LogP contribution in [0.4, 0.5) is 0 Å². The Morgan fingerprint density at radius 2 is 1.92 bits per heavy atom. The Morgan fingerprint density at radius 3 is 2.62 bits per heavy atom. The lowest BCUT2D eigenvalue weighted by Crippen LogP contribution is -2.60. The van der Waals surface area contributed by atoms with Gasteiger partial charge in [-0.25, -0.2) is 0 Å². The average Bonchev–Trinajstić information content (AvgIpc) is 3.16. The number of hydrogen-bond donors (Lipinski definition) is 2. The van der Waals surface area contributed by atoms with Crippen LogP contribution in [-0.2, 0) is 25.7 Å². The predicted molar refractivity (Wildman–Crippen MR) is 148 cm³/mol. The number of nitrogens with two attached hydrogens (primary N) is 1. The number of amides is 3. The molecule has 2 aromatic carbocycles. The molecule has 0 aliphatic carbocycles. The van der Waals surface area contributed by atoms with Crippen LogP contribution in [0.2, 0.25) is 0 Å². The first-order valence-corrected chi connectivity index (χ1v) is 13.4. The van der Waals surface area contributed by atoms with Crippen LogP contribution in [0.25, 0.3) is 0 Å². The molecule has 39 heavy (non-hydrogen) atoms. The summed E-state index contributed by atoms with van der Waals surface area (Å²) in [6, 6.07) is 16.6. The highest BCUT2D eigenvalue weighted by Crippen LogP contribution is 2.49. The number of benzene rings is 2. The van der Waals surface area contributed by atoms with Crippen LogP contribution in [-0.4, -0.2) is 79.5 Å². The minimum Gasteiger partial charge on any atom is -0.497 e. The Kier molecular flexibility index (Phi) is 8.61. The van der Waals surface area contributed by atoms with Crippen molar-refractivity contribution in [2.75, 3.05) is 40.4 Å². The smallest absolute Gasteiger partial charge is 0.247 e. The molecule has 2 aliphatic rings. The lowest BCUT2D eigenvalue weighted by Gasteiger charge is -2.43. The molecule has 3 amide bonds. The Balaban J connectivity index is 1.53. The summed E-state index contributed by atoms with van der Waals surface area (Å²) in [7, 11) is 3.42. The molecule has 9 nitrogen and oxygen atoms in total. The second-order valence-electron chi connectivity index (χ2n) is 11.3. The Hall–Kier alpha value is -3.43. The van der Waals surface area contributed by atoms with Gasteiger partial charge >= 0.3 is 0 Å². The van der Waals surface area contributed by atoms with Crippen molar-refractivity contribution in [3.8, 4) is 5.75 Å². The van der Waals surface area contributed by atoms with Crippen LogP contribution in [0.3, 0.4) is 0 Å². The maximum atomic E-state index is 13.9. The van der Waals surface area contributed by atoms with Crippen molar-refractivity contribution in [3.05, 3.63) is 65.7 Å². The zero-order chi connectivity index (χ0) is 28.2. The molecule has 2 saturated heterocycles. The molecule has 3 N–H and O–H groups in total. The normalized spacial score (nSPS) is 22.2. The van der Waals surface area contributed by atoms with Crippen molar-refractivity contribution in [1.29, 1.82) is 0 Å². The minimum atomic E-state index is -1.17. The van der Waals surface area contributed by atoms with Gasteiger partial charge in [-0.15, -0.1) is 0 Å². The Bertz CT molecular complexity index is 1180. The van der Waals surface area contributed by atoms with Crippen molar-refractivity contribution >= 4 is 17.7 Å². The Labute approximate surface area is 230 Å². The average molecular weight is 537 g/mol. The SMILES string of the molecule is COc1cccc(COCC(NC(=O)C(C)(C)N)C(=O)N2CCCC3(C2)C(=O)N(C)CC3c2ccccc2)c1. The monoisotopic (exact) mass is 536 g/mol. The molecule has 210 valence electrons. The molecule has 3 atom stereocenters. The van der Waals surface area contributed by atoms with E-state index in [2.05, 4.69) is 17.4 Å². The number of likely N-dealkylation sites (tertiary alicyclic amines) is 2. The first kappa shape index (κ1) is 28.6. The van der Waals surface area contributed by atoms with Crippen molar-refractivity contribution in [1.82, 2.24) is 15.1 Å². The van der Waals surface area contributed by atoms with Gasteiger partial charge in [-0.05, 0) is 49.9 Å². The number of piperidine rings is 1. The standard InChI is InChI=1S/C30H40N4O5/c1-29(2,31)27(36)32-25(19-39-18-21-10-8-13-23(16-21)38-4)26(35)34-15-9-14-30(20-34)24(17-33(3)28(30)37)22-11-6-5-7-12-22/h5-8,10-13,16,24-25H,9,14-15,17-20,31H2,1-4H3,(H,32,36). The highest BCUT2D eigenvalue weighted by atomic mass is 16.5. The van der Waals surface area contributed by atoms with Gasteiger partial charge in [0.25, 0.3) is 0 Å². The van der Waals surface area contributed by atoms with Crippen LogP contribution in [0.1, 0.15) is 43.7 Å². The molecule has 1 spiro atoms. The highest BCUT2D eigenvalue weighted by molar-refractivity contribution is 5.92. The summed E-state index contributed by atoms with van der Waals surface area (Å²) >= 11 is 0. The maximum absolute atomic E-state index is 13.9. The molecule has 3 unspecified atom stereocenters. The molecular formula is C30H40N4O5. The first-order chi connectivity index (χ1) is 18.5. The number of methoxy groups -OCH3 is 1. The summed E-state index contributed by atoms with van der Waals surface area (Å²) in [6.45, 7) is 4.80. The van der Waals surface area contributed by atoms with E-state index in [0.29, 0.717) is 38.2 Å². The van der Waals surface area contributed by atoms with E-state index in [4.69, 9.17) is 15.2 Å². The van der Waals surface area contributed by atoms with Crippen LogP contribution in [0.5, 0.6) is 5.75 Å². The third-order valence-electron chi connectivity index (χ3n) is 7.81. The molecule has 9 heteroatoms. The summed E-state index contributed by atoms with van der Waals surface area (Å²) in [6.07, 6.45) is 1.40. The zero-order valence-electron chi connectivity index (χ0n) is 23.3. The number of hydrogen-bond acceptors (Lipinski definition) is 6. The molecule has 2 fully saturated rings. The largest absolute Gasteiger partial charge is 0.497 e. The van der Waals surface area contributed by atoms with Crippen LogP contribution >= 0.6 is 0 Å². The van der Waals surface area contributed by atoms with Gasteiger partial charge in [0.05, 0.1) is 31.3 Å². The van der Waals surface area contributed by atoms with Crippen LogP contribution < -0.4 is 15.8 Å². The topological polar surface area (TPSA) is 114 Å². The third-order valence-corrected chi connectivity index (χ3v) is 7.81. The first-order valence-electron chi connectivity index (χ1n) is 13.4. The molecule has 2 aromatic rings. The summed E-state index contributed by atoms with van der Waals surface area (Å²) in [5.41, 5.74) is 6.14. The quantitative estimate of drug-likeness (QED) is 0.508. The summed E-state index contributed by atoms with van der Waals surface area (Å²) in [5.74, 6) is 0.0292. The zero-order valence-corrected chi connectivity index (χ0v) is 23.3. The fraction of sp³-hybridized carbons (Fsp3) is 0.500. The van der Waals surface area contributed by atoms with Gasteiger partial charge in [-0.3, -0.25) is 14.4 Å². The van der Waals surface area contributed by atoms with Gasteiger partial charge in [0.15, 0.2) is 0 Å². The summed E-state index contributed by atoms with van der Waals surface area (Å²) in [5, 5.41) is 2.80. The lowest BCUT2D eigenvalue weighted by atomic mass is 9.69. The van der Waals surface area contributed by atoms with E-state index in [1.165, 1.54) is 0 Å². The van der Waals surface area contributed by atoms with E-state index in [-0.39, 0.29) is 30.9 Å². The number of nitrogens with zero attached hydrogens (tertiary/aromatic N) is 2. The Morgan fingerprint density at radius 1 is 1.18 bits per heavy atom. The van der Waals surface area contributed by atoms with E-state index < -0.39 is 22.9 Å². The number of carbonyl (C=O) groups is 3. The number of nitrogens with one attached hydrogen (secondary N) is 1. The van der Waals surface area contributed by atoms with Gasteiger partial charge in [0, 0.05) is 32.6 Å². The van der Waals surface area contributed by atoms with Gasteiger partial charge in [-0.1, -0.05) is 42.5 Å². The molecule has 4 rings (SSSR count). The molecule has 0 saturated carbocycles. The van der Waals surface area contributed by atoms with Gasteiger partial charge in [0.1, 0.15) is 11.8 Å². The predicted octanol–water partition coefficient (Wildman–Crippen LogP) is 2.30. The fourth-order valence-corrected chi connectivity index (χ4v) is 5.70. The lowest BCUT2D eigenvalue weighted by molar-refractivity contribution is -0.147. The third kappa shape index (κ3) is 6.25. The molecule has 2 aliphatic heterocycles. The molecular weight excluding hydrogens is 496 g/mol. The van der Waals surface area contributed by atoms with Gasteiger partial charge < -0.3 is 30.3 Å². The van der Waals surface area contributed by atoms with Crippen molar-refractivity contribution in [2.24, 2.45) is 11.1 Å². The maximum Gasteiger partial charge on any atom is 0.247 e. The number of likely N-dealkylation sites (N-methyl/N-ethyl adjacent to an activating group) is 1. The van der Waals surface area contributed by atoms with Crippen LogP contribution in [0.15, 0.2) is 54.6 Å². The highest BCUT2D eigenvalue weighted by Gasteiger charge is 2.55. The summed E-state index contributed by atoms with van der Waals surface area (Å²) < 4.78 is 11.2. The van der Waals surface area contributed by atoms with E-state index >= 15 is 0 Å². The van der Waals surface area contributed by atoms with Crippen molar-refractivity contribution in [2.45, 2.75) is 50.8 Å². The van der Waals surface area contributed by atoms with E-state index in [0.717, 1.165) is 11.1 Å². The van der Waals surface area contributed by atoms with Crippen molar-refractivity contribution in [3.63, 3.8) is 0 Å². The fourth-order valence-electron chi connectivity index (χ4n) is 5.70. The van der Waals surface area contributed by atoms with E-state index in [1.807, 2.05) is 49.5 Å². The number of ether oxygens (including phenoxy) is 2. The molecule has 2 heterocycles. The van der Waals surface area contributed by atoms with Gasteiger partial charge in [0.2, 0.25) is 17.7 Å². The van der Waals surface area contributed by atoms with E-state index in [1.54, 1.807) is 30.8 Å². The second-order valence-corrected chi connectivity index (χ2v) is 11.3. The van der Waals surface area contributed by atoms with E-state index in [9.17, 15) is 14.4 Å². The van der Waals surface area contributed by atoms with Crippen molar-refractivity contribution < 1.29 is 23.9 Å². The second kappa shape index (κ2) is 11.8. The minimum absolute atomic E-state index is 0.0212. The number of carbonyl (C=O) groups excluding carboxylic acids is 3. The number of rotatable bonds is 9.